The van der Waals surface area contributed by atoms with Crippen LogP contribution < -0.4 is 9.47 Å². The number of aromatic nitrogens is 2. The van der Waals surface area contributed by atoms with Crippen molar-refractivity contribution in [1.29, 1.82) is 0 Å². The molecule has 0 bridgehead atoms. The summed E-state index contributed by atoms with van der Waals surface area (Å²) in [6, 6.07) is 9.41. The topological polar surface area (TPSA) is 59.5 Å². The second-order valence-electron chi connectivity index (χ2n) is 7.14. The average molecular weight is 377 g/mol. The van der Waals surface area contributed by atoms with Gasteiger partial charge in [-0.15, -0.1) is 0 Å². The number of aromatic amines is 1. The summed E-state index contributed by atoms with van der Waals surface area (Å²) in [5.74, 6) is 1.65. The Morgan fingerprint density at radius 1 is 1.25 bits per heavy atom. The Hall–Kier alpha value is -3.15. The predicted molar refractivity (Wildman–Crippen MR) is 105 cm³/mol. The molecule has 5 rings (SSSR count). The predicted octanol–water partition coefficient (Wildman–Crippen LogP) is 4.49. The third-order valence-corrected chi connectivity index (χ3v) is 5.35. The molecule has 2 aliphatic rings. The van der Waals surface area contributed by atoms with E-state index in [-0.39, 0.29) is 11.7 Å². The normalized spacial score (nSPS) is 17.5. The number of H-pyrrole nitrogens is 1. The number of halogens is 1. The lowest BCUT2D eigenvalue weighted by molar-refractivity contribution is 0.256. The summed E-state index contributed by atoms with van der Waals surface area (Å²) >= 11 is 0. The molecular weight excluding hydrogens is 357 g/mol. The van der Waals surface area contributed by atoms with Crippen LogP contribution in [0, 0.1) is 11.7 Å². The zero-order valence-corrected chi connectivity index (χ0v) is 15.5. The highest BCUT2D eigenvalue weighted by Gasteiger charge is 2.29. The zero-order chi connectivity index (χ0) is 19.1. The van der Waals surface area contributed by atoms with Gasteiger partial charge in [-0.3, -0.25) is 10.1 Å². The number of hydrogen-bond donors (Lipinski definition) is 1. The minimum atomic E-state index is -0.219. The maximum Gasteiger partial charge on any atom is 0.129 e. The van der Waals surface area contributed by atoms with Gasteiger partial charge >= 0.3 is 0 Å². The first-order chi connectivity index (χ1) is 13.7. The number of ether oxygens (including phenoxy) is 2. The van der Waals surface area contributed by atoms with E-state index in [2.05, 4.69) is 10.2 Å². The summed E-state index contributed by atoms with van der Waals surface area (Å²) in [6.07, 6.45) is 4.78. The van der Waals surface area contributed by atoms with Crippen LogP contribution in [0.2, 0.25) is 0 Å². The zero-order valence-electron chi connectivity index (χ0n) is 15.5. The number of hydrogen-bond acceptors (Lipinski definition) is 4. The van der Waals surface area contributed by atoms with E-state index in [1.807, 2.05) is 31.2 Å². The van der Waals surface area contributed by atoms with Crippen molar-refractivity contribution in [3.63, 3.8) is 0 Å². The molecule has 5 nitrogen and oxygen atoms in total. The molecule has 3 aromatic rings. The molecule has 0 fully saturated rings. The first-order valence-corrected chi connectivity index (χ1v) is 9.49. The molecule has 1 N–H and O–H groups in total. The number of nitrogens with one attached hydrogen (secondary N) is 1. The molecule has 1 atom stereocenters. The largest absolute Gasteiger partial charge is 0.494 e. The van der Waals surface area contributed by atoms with Crippen LogP contribution in [0.5, 0.6) is 11.5 Å². The number of rotatable bonds is 4. The van der Waals surface area contributed by atoms with Crippen LogP contribution in [0.15, 0.2) is 47.7 Å². The van der Waals surface area contributed by atoms with Gasteiger partial charge in [0.25, 0.3) is 0 Å². The molecule has 0 saturated heterocycles. The summed E-state index contributed by atoms with van der Waals surface area (Å²) in [6.45, 7) is 3.16. The molecular formula is C22H20FN3O2. The lowest BCUT2D eigenvalue weighted by Crippen LogP contribution is -2.28. The Bertz CT molecular complexity index is 1060. The van der Waals surface area contributed by atoms with Crippen molar-refractivity contribution < 1.29 is 13.9 Å². The molecule has 28 heavy (non-hydrogen) atoms. The standard InChI is InChI=1S/C22H20FN3O2/c1-2-27-17-3-4-22-14(6-17)5-15(12-28-22)20-9-18-19(23)7-13(8-21(18)26-20)16-10-24-25-11-16/h3-4,6-8,10-11,15H,2,5,9,12H2,1H3,(H,24,25). The summed E-state index contributed by atoms with van der Waals surface area (Å²) in [5, 5.41) is 6.71. The molecule has 6 heteroatoms. The molecule has 1 aromatic heterocycles. The summed E-state index contributed by atoms with van der Waals surface area (Å²) in [5.41, 5.74) is 5.09. The first-order valence-electron chi connectivity index (χ1n) is 9.49. The van der Waals surface area contributed by atoms with Gasteiger partial charge in [-0.05, 0) is 54.8 Å². The average Bonchev–Trinajstić information content (AvgIpc) is 3.38. The number of fused-ring (bicyclic) bond motifs is 2. The van der Waals surface area contributed by atoms with E-state index in [4.69, 9.17) is 14.5 Å². The van der Waals surface area contributed by atoms with Gasteiger partial charge in [-0.2, -0.15) is 5.10 Å². The van der Waals surface area contributed by atoms with E-state index in [0.717, 1.165) is 40.3 Å². The van der Waals surface area contributed by atoms with E-state index < -0.39 is 0 Å². The minimum Gasteiger partial charge on any atom is -0.494 e. The van der Waals surface area contributed by atoms with Gasteiger partial charge < -0.3 is 9.47 Å². The second-order valence-corrected chi connectivity index (χ2v) is 7.14. The van der Waals surface area contributed by atoms with Crippen LogP contribution in [0.4, 0.5) is 10.1 Å². The fraction of sp³-hybridized carbons (Fsp3) is 0.273. The van der Waals surface area contributed by atoms with E-state index in [1.54, 1.807) is 18.5 Å². The van der Waals surface area contributed by atoms with Gasteiger partial charge in [0.05, 0.1) is 25.1 Å². The van der Waals surface area contributed by atoms with Crippen molar-refractivity contribution in [2.45, 2.75) is 19.8 Å². The Morgan fingerprint density at radius 3 is 3.00 bits per heavy atom. The Morgan fingerprint density at radius 2 is 2.18 bits per heavy atom. The van der Waals surface area contributed by atoms with Gasteiger partial charge in [0.2, 0.25) is 0 Å². The van der Waals surface area contributed by atoms with Crippen LogP contribution in [0.3, 0.4) is 0 Å². The Balaban J connectivity index is 1.42. The van der Waals surface area contributed by atoms with Gasteiger partial charge in [-0.1, -0.05) is 0 Å². The van der Waals surface area contributed by atoms with E-state index in [0.29, 0.717) is 30.9 Å². The SMILES string of the molecule is CCOc1ccc2c(c1)CC(C1=Nc3cc(-c4cn[nH]c4)cc(F)c3C1)CO2. The second kappa shape index (κ2) is 6.78. The fourth-order valence-corrected chi connectivity index (χ4v) is 3.92. The molecule has 1 unspecified atom stereocenters. The van der Waals surface area contributed by atoms with Crippen LogP contribution in [-0.2, 0) is 12.8 Å². The third-order valence-electron chi connectivity index (χ3n) is 5.35. The molecule has 0 amide bonds. The molecule has 142 valence electrons. The minimum absolute atomic E-state index is 0.133. The third kappa shape index (κ3) is 2.95. The number of aliphatic imine (C=N–C) groups is 1. The van der Waals surface area contributed by atoms with Gasteiger partial charge in [0.1, 0.15) is 17.3 Å². The molecule has 0 saturated carbocycles. The maximum atomic E-state index is 14.7. The van der Waals surface area contributed by atoms with Crippen molar-refractivity contribution in [2.24, 2.45) is 10.9 Å². The molecule has 2 aromatic carbocycles. The van der Waals surface area contributed by atoms with Gasteiger partial charge in [0, 0.05) is 35.4 Å². The van der Waals surface area contributed by atoms with E-state index in [9.17, 15) is 4.39 Å². The maximum absolute atomic E-state index is 14.7. The molecule has 2 aliphatic heterocycles. The Labute approximate surface area is 162 Å². The van der Waals surface area contributed by atoms with Crippen LogP contribution in [0.1, 0.15) is 18.1 Å². The highest BCUT2D eigenvalue weighted by Crippen LogP contribution is 2.38. The number of nitrogens with zero attached hydrogens (tertiary/aromatic N) is 2. The fourth-order valence-electron chi connectivity index (χ4n) is 3.92. The van der Waals surface area contributed by atoms with E-state index >= 15 is 0 Å². The lowest BCUT2D eigenvalue weighted by Gasteiger charge is -2.26. The summed E-state index contributed by atoms with van der Waals surface area (Å²) in [7, 11) is 0. The van der Waals surface area contributed by atoms with E-state index in [1.165, 1.54) is 0 Å². The van der Waals surface area contributed by atoms with Gasteiger partial charge in [-0.25, -0.2) is 4.39 Å². The Kier molecular flexibility index (Phi) is 4.11. The van der Waals surface area contributed by atoms with Crippen molar-refractivity contribution in [3.8, 4) is 22.6 Å². The van der Waals surface area contributed by atoms with Crippen molar-refractivity contribution >= 4 is 11.4 Å². The van der Waals surface area contributed by atoms with Gasteiger partial charge in [0.15, 0.2) is 0 Å². The lowest BCUT2D eigenvalue weighted by atomic mass is 9.90. The number of benzene rings is 2. The monoisotopic (exact) mass is 377 g/mol. The quantitative estimate of drug-likeness (QED) is 0.729. The smallest absolute Gasteiger partial charge is 0.129 e. The van der Waals surface area contributed by atoms with Crippen molar-refractivity contribution in [3.05, 3.63) is 59.7 Å². The summed E-state index contributed by atoms with van der Waals surface area (Å²) < 4.78 is 26.3. The highest BCUT2D eigenvalue weighted by atomic mass is 19.1. The van der Waals surface area contributed by atoms with Crippen molar-refractivity contribution in [1.82, 2.24) is 10.2 Å². The summed E-state index contributed by atoms with van der Waals surface area (Å²) in [4.78, 5) is 4.77. The van der Waals surface area contributed by atoms with Crippen molar-refractivity contribution in [2.75, 3.05) is 13.2 Å². The van der Waals surface area contributed by atoms with Crippen LogP contribution in [-0.4, -0.2) is 29.1 Å². The van der Waals surface area contributed by atoms with Crippen LogP contribution in [0.25, 0.3) is 11.1 Å². The molecule has 0 spiro atoms. The van der Waals surface area contributed by atoms with Crippen LogP contribution >= 0.6 is 0 Å². The molecule has 0 radical (unpaired) electrons. The molecule has 0 aliphatic carbocycles. The first kappa shape index (κ1) is 17.0. The molecule has 3 heterocycles. The highest BCUT2D eigenvalue weighted by molar-refractivity contribution is 5.97.